The Morgan fingerprint density at radius 2 is 2.62 bits per heavy atom. The van der Waals surface area contributed by atoms with Crippen LogP contribution >= 0.6 is 23.7 Å². The Hall–Kier alpha value is -0.160. The third-order valence-electron chi connectivity index (χ3n) is 1.96. The Labute approximate surface area is 87.9 Å². The first-order valence-electron chi connectivity index (χ1n) is 4.15. The molecule has 74 valence electrons. The van der Waals surface area contributed by atoms with Crippen LogP contribution in [0.15, 0.2) is 11.7 Å². The van der Waals surface area contributed by atoms with Crippen LogP contribution in [0.5, 0.6) is 0 Å². The van der Waals surface area contributed by atoms with E-state index in [0.717, 1.165) is 26.1 Å². The first-order valence-corrected chi connectivity index (χ1v) is 5.03. The second-order valence-corrected chi connectivity index (χ2v) is 3.86. The molecule has 5 heteroatoms. The van der Waals surface area contributed by atoms with E-state index in [1.165, 1.54) is 4.88 Å². The molecule has 3 nitrogen and oxygen atoms in total. The van der Waals surface area contributed by atoms with Gasteiger partial charge in [0.05, 0.1) is 23.1 Å². The average molecular weight is 221 g/mol. The normalized spacial score (nSPS) is 21.4. The van der Waals surface area contributed by atoms with Crippen LogP contribution in [-0.4, -0.2) is 24.2 Å². The molecule has 0 saturated carbocycles. The van der Waals surface area contributed by atoms with Gasteiger partial charge in [-0.3, -0.25) is 4.98 Å². The largest absolute Gasteiger partial charge is 0.371 e. The highest BCUT2D eigenvalue weighted by Gasteiger charge is 2.14. The maximum Gasteiger partial charge on any atom is 0.0829 e. The number of halogens is 1. The van der Waals surface area contributed by atoms with Crippen molar-refractivity contribution < 1.29 is 4.74 Å². The average Bonchev–Trinajstić information content (AvgIpc) is 2.74. The Balaban J connectivity index is 0.000000845. The number of hydrogen-bond acceptors (Lipinski definition) is 4. The number of nitrogens with zero attached hydrogens (tertiary/aromatic N) is 1. The SMILES string of the molecule is Cl.c1ncc(CO[C@H]2CCNC2)s1. The molecule has 1 aromatic heterocycles. The van der Waals surface area contributed by atoms with E-state index in [2.05, 4.69) is 10.3 Å². The highest BCUT2D eigenvalue weighted by molar-refractivity contribution is 7.09. The lowest BCUT2D eigenvalue weighted by Gasteiger charge is -2.07. The predicted octanol–water partition coefficient (Wildman–Crippen LogP) is 1.44. The lowest BCUT2D eigenvalue weighted by molar-refractivity contribution is 0.0558. The maximum atomic E-state index is 5.66. The van der Waals surface area contributed by atoms with Gasteiger partial charge in [0.25, 0.3) is 0 Å². The molecule has 1 N–H and O–H groups in total. The summed E-state index contributed by atoms with van der Waals surface area (Å²) in [6, 6.07) is 0. The highest BCUT2D eigenvalue weighted by atomic mass is 35.5. The molecule has 1 fully saturated rings. The lowest BCUT2D eigenvalue weighted by Crippen LogP contribution is -2.16. The van der Waals surface area contributed by atoms with Gasteiger partial charge in [-0.15, -0.1) is 23.7 Å². The van der Waals surface area contributed by atoms with Gasteiger partial charge in [0, 0.05) is 12.7 Å². The summed E-state index contributed by atoms with van der Waals surface area (Å²) in [6.07, 6.45) is 3.42. The van der Waals surface area contributed by atoms with Crippen LogP contribution < -0.4 is 5.32 Å². The number of hydrogen-bond donors (Lipinski definition) is 1. The van der Waals surface area contributed by atoms with Gasteiger partial charge in [-0.1, -0.05) is 0 Å². The van der Waals surface area contributed by atoms with Crippen molar-refractivity contribution in [2.24, 2.45) is 0 Å². The van der Waals surface area contributed by atoms with Crippen molar-refractivity contribution in [1.82, 2.24) is 10.3 Å². The third-order valence-corrected chi connectivity index (χ3v) is 2.71. The number of ether oxygens (including phenoxy) is 1. The quantitative estimate of drug-likeness (QED) is 0.837. The molecule has 1 saturated heterocycles. The van der Waals surface area contributed by atoms with Gasteiger partial charge in [-0.25, -0.2) is 0 Å². The zero-order chi connectivity index (χ0) is 8.23. The van der Waals surface area contributed by atoms with Crippen LogP contribution in [0.3, 0.4) is 0 Å². The fraction of sp³-hybridized carbons (Fsp3) is 0.625. The number of rotatable bonds is 3. The molecular formula is C8H13ClN2OS. The first-order chi connectivity index (χ1) is 5.95. The Bertz CT molecular complexity index is 224. The molecule has 2 heterocycles. The molecule has 0 amide bonds. The van der Waals surface area contributed by atoms with Crippen molar-refractivity contribution in [3.63, 3.8) is 0 Å². The van der Waals surface area contributed by atoms with Crippen molar-refractivity contribution in [2.45, 2.75) is 19.1 Å². The van der Waals surface area contributed by atoms with E-state index in [-0.39, 0.29) is 12.4 Å². The standard InChI is InChI=1S/C8H12N2OS.ClH/c1-2-9-3-7(1)11-5-8-4-10-6-12-8;/h4,6-7,9H,1-3,5H2;1H/t7-;/m0./s1. The van der Waals surface area contributed by atoms with Gasteiger partial charge in [-0.05, 0) is 13.0 Å². The summed E-state index contributed by atoms with van der Waals surface area (Å²) in [4.78, 5) is 5.20. The molecule has 1 atom stereocenters. The number of nitrogens with one attached hydrogen (secondary N) is 1. The van der Waals surface area contributed by atoms with Crippen molar-refractivity contribution in [3.8, 4) is 0 Å². The summed E-state index contributed by atoms with van der Waals surface area (Å²) >= 11 is 1.65. The molecule has 0 unspecified atom stereocenters. The van der Waals surface area contributed by atoms with E-state index in [4.69, 9.17) is 4.74 Å². The first kappa shape index (κ1) is 10.9. The van der Waals surface area contributed by atoms with E-state index < -0.39 is 0 Å². The second-order valence-electron chi connectivity index (χ2n) is 2.89. The van der Waals surface area contributed by atoms with Crippen molar-refractivity contribution in [1.29, 1.82) is 0 Å². The van der Waals surface area contributed by atoms with E-state index in [0.29, 0.717) is 6.10 Å². The Morgan fingerprint density at radius 1 is 1.69 bits per heavy atom. The molecule has 1 aliphatic rings. The second kappa shape index (κ2) is 5.54. The van der Waals surface area contributed by atoms with Gasteiger partial charge in [0.15, 0.2) is 0 Å². The molecule has 1 aliphatic heterocycles. The smallest absolute Gasteiger partial charge is 0.0829 e. The van der Waals surface area contributed by atoms with Gasteiger partial charge in [0.2, 0.25) is 0 Å². The van der Waals surface area contributed by atoms with Crippen LogP contribution in [0.2, 0.25) is 0 Å². The van der Waals surface area contributed by atoms with Crippen molar-refractivity contribution >= 4 is 23.7 Å². The fourth-order valence-corrected chi connectivity index (χ4v) is 1.80. The van der Waals surface area contributed by atoms with Crippen molar-refractivity contribution in [2.75, 3.05) is 13.1 Å². The van der Waals surface area contributed by atoms with Crippen LogP contribution in [0.1, 0.15) is 11.3 Å². The predicted molar refractivity (Wildman–Crippen MR) is 55.4 cm³/mol. The Kier molecular flexibility index (Phi) is 4.66. The van der Waals surface area contributed by atoms with Crippen LogP contribution in [0.4, 0.5) is 0 Å². The summed E-state index contributed by atoms with van der Waals surface area (Å²) in [7, 11) is 0. The summed E-state index contributed by atoms with van der Waals surface area (Å²) in [5.74, 6) is 0. The summed E-state index contributed by atoms with van der Waals surface area (Å²) < 4.78 is 5.66. The minimum atomic E-state index is 0. The zero-order valence-corrected chi connectivity index (χ0v) is 8.87. The van der Waals surface area contributed by atoms with E-state index in [9.17, 15) is 0 Å². The number of aromatic nitrogens is 1. The minimum Gasteiger partial charge on any atom is -0.371 e. The Morgan fingerprint density at radius 3 is 3.23 bits per heavy atom. The molecule has 2 rings (SSSR count). The minimum absolute atomic E-state index is 0. The van der Waals surface area contributed by atoms with E-state index in [1.807, 2.05) is 11.7 Å². The van der Waals surface area contributed by atoms with Gasteiger partial charge >= 0.3 is 0 Å². The molecule has 0 spiro atoms. The van der Waals surface area contributed by atoms with Crippen LogP contribution in [0.25, 0.3) is 0 Å². The molecule has 0 bridgehead atoms. The summed E-state index contributed by atoms with van der Waals surface area (Å²) in [6.45, 7) is 2.81. The molecular weight excluding hydrogens is 208 g/mol. The van der Waals surface area contributed by atoms with Gasteiger partial charge in [-0.2, -0.15) is 0 Å². The fourth-order valence-electron chi connectivity index (χ4n) is 1.28. The van der Waals surface area contributed by atoms with Crippen LogP contribution in [0, 0.1) is 0 Å². The maximum absolute atomic E-state index is 5.66. The molecule has 13 heavy (non-hydrogen) atoms. The summed E-state index contributed by atoms with van der Waals surface area (Å²) in [5.41, 5.74) is 1.84. The lowest BCUT2D eigenvalue weighted by atomic mass is 10.3. The van der Waals surface area contributed by atoms with Gasteiger partial charge in [0.1, 0.15) is 0 Å². The van der Waals surface area contributed by atoms with E-state index in [1.54, 1.807) is 11.3 Å². The van der Waals surface area contributed by atoms with E-state index >= 15 is 0 Å². The third kappa shape index (κ3) is 3.23. The van der Waals surface area contributed by atoms with Crippen molar-refractivity contribution in [3.05, 3.63) is 16.6 Å². The van der Waals surface area contributed by atoms with Gasteiger partial charge < -0.3 is 10.1 Å². The van der Waals surface area contributed by atoms with Crippen LogP contribution in [-0.2, 0) is 11.3 Å². The topological polar surface area (TPSA) is 34.1 Å². The highest BCUT2D eigenvalue weighted by Crippen LogP contribution is 2.11. The molecule has 0 aromatic carbocycles. The zero-order valence-electron chi connectivity index (χ0n) is 7.23. The molecule has 0 radical (unpaired) electrons. The number of thiazole rings is 1. The monoisotopic (exact) mass is 220 g/mol. The molecule has 0 aliphatic carbocycles. The molecule has 1 aromatic rings. The summed E-state index contributed by atoms with van der Waals surface area (Å²) in [5, 5.41) is 3.27.